The van der Waals surface area contributed by atoms with Gasteiger partial charge in [0.05, 0.1) is 6.42 Å². The lowest BCUT2D eigenvalue weighted by atomic mass is 10.1. The number of amides is 1. The summed E-state index contributed by atoms with van der Waals surface area (Å²) in [4.78, 5) is 27.7. The smallest absolute Gasteiger partial charge is 0.305 e. The predicted octanol–water partition coefficient (Wildman–Crippen LogP) is 2.94. The number of nitrogens with zero attached hydrogens (tertiary/aromatic N) is 1. The van der Waals surface area contributed by atoms with Gasteiger partial charge in [-0.15, -0.1) is 0 Å². The van der Waals surface area contributed by atoms with E-state index in [2.05, 4.69) is 4.98 Å². The van der Waals surface area contributed by atoms with Crippen molar-refractivity contribution in [1.29, 1.82) is 0 Å². The maximum atomic E-state index is 13.4. The second-order valence-electron chi connectivity index (χ2n) is 5.60. The van der Waals surface area contributed by atoms with Crippen LogP contribution in [0.15, 0.2) is 18.2 Å². The standard InChI is InChI=1S/C16H19FN2O3/c1-9(2)19(5-4-15(20)21)16(22)14-8-12-10(3)6-11(17)7-13(12)18-14/h6-9,18H,4-5H2,1-3H3,(H,20,21). The Bertz CT molecular complexity index is 721. The van der Waals surface area contributed by atoms with E-state index in [1.807, 2.05) is 13.8 Å². The van der Waals surface area contributed by atoms with Gasteiger partial charge in [0.15, 0.2) is 0 Å². The average molecular weight is 306 g/mol. The number of aliphatic carboxylic acids is 1. The maximum absolute atomic E-state index is 13.4. The van der Waals surface area contributed by atoms with Gasteiger partial charge >= 0.3 is 5.97 Å². The molecule has 1 aromatic heterocycles. The maximum Gasteiger partial charge on any atom is 0.305 e. The highest BCUT2D eigenvalue weighted by atomic mass is 19.1. The minimum absolute atomic E-state index is 0.113. The van der Waals surface area contributed by atoms with Gasteiger partial charge in [-0.05, 0) is 44.5 Å². The summed E-state index contributed by atoms with van der Waals surface area (Å²) in [5.74, 6) is -1.60. The molecule has 5 nitrogen and oxygen atoms in total. The predicted molar refractivity (Wildman–Crippen MR) is 81.4 cm³/mol. The molecule has 22 heavy (non-hydrogen) atoms. The number of nitrogens with one attached hydrogen (secondary N) is 1. The van der Waals surface area contributed by atoms with Gasteiger partial charge in [-0.3, -0.25) is 9.59 Å². The highest BCUT2D eigenvalue weighted by Crippen LogP contribution is 2.22. The van der Waals surface area contributed by atoms with Crippen molar-refractivity contribution >= 4 is 22.8 Å². The van der Waals surface area contributed by atoms with E-state index in [0.29, 0.717) is 11.2 Å². The van der Waals surface area contributed by atoms with Crippen molar-refractivity contribution in [3.8, 4) is 0 Å². The number of carboxylic acid groups (broad SMARTS) is 1. The van der Waals surface area contributed by atoms with Gasteiger partial charge in [0.1, 0.15) is 11.5 Å². The van der Waals surface area contributed by atoms with Gasteiger partial charge in [0.2, 0.25) is 0 Å². The van der Waals surface area contributed by atoms with Crippen molar-refractivity contribution in [3.05, 3.63) is 35.3 Å². The van der Waals surface area contributed by atoms with E-state index in [1.54, 1.807) is 13.0 Å². The van der Waals surface area contributed by atoms with Crippen LogP contribution in [-0.4, -0.2) is 39.5 Å². The van der Waals surface area contributed by atoms with E-state index in [1.165, 1.54) is 17.0 Å². The fourth-order valence-corrected chi connectivity index (χ4v) is 2.46. The fraction of sp³-hybridized carbons (Fsp3) is 0.375. The van der Waals surface area contributed by atoms with Gasteiger partial charge in [-0.25, -0.2) is 4.39 Å². The lowest BCUT2D eigenvalue weighted by Gasteiger charge is -2.25. The van der Waals surface area contributed by atoms with Crippen molar-refractivity contribution in [3.63, 3.8) is 0 Å². The van der Waals surface area contributed by atoms with Gasteiger partial charge in [0.25, 0.3) is 5.91 Å². The molecule has 1 heterocycles. The third-order valence-electron chi connectivity index (χ3n) is 3.59. The van der Waals surface area contributed by atoms with Crippen molar-refractivity contribution in [2.24, 2.45) is 0 Å². The Morgan fingerprint density at radius 1 is 1.32 bits per heavy atom. The number of aryl methyl sites for hydroxylation is 1. The van der Waals surface area contributed by atoms with Crippen LogP contribution in [0.4, 0.5) is 4.39 Å². The fourth-order valence-electron chi connectivity index (χ4n) is 2.46. The van der Waals surface area contributed by atoms with Crippen LogP contribution in [0.3, 0.4) is 0 Å². The van der Waals surface area contributed by atoms with Crippen LogP contribution in [0, 0.1) is 12.7 Å². The lowest BCUT2D eigenvalue weighted by Crippen LogP contribution is -2.38. The summed E-state index contributed by atoms with van der Waals surface area (Å²) < 4.78 is 13.4. The number of halogens is 1. The summed E-state index contributed by atoms with van der Waals surface area (Å²) in [6, 6.07) is 4.31. The minimum atomic E-state index is -0.951. The summed E-state index contributed by atoms with van der Waals surface area (Å²) in [7, 11) is 0. The largest absolute Gasteiger partial charge is 0.481 e. The van der Waals surface area contributed by atoms with E-state index >= 15 is 0 Å². The molecule has 118 valence electrons. The zero-order valence-electron chi connectivity index (χ0n) is 12.8. The van der Waals surface area contributed by atoms with Crippen LogP contribution < -0.4 is 0 Å². The Labute approximate surface area is 127 Å². The van der Waals surface area contributed by atoms with Gasteiger partial charge in [-0.1, -0.05) is 0 Å². The lowest BCUT2D eigenvalue weighted by molar-refractivity contribution is -0.137. The average Bonchev–Trinajstić information content (AvgIpc) is 2.82. The Kier molecular flexibility index (Phi) is 4.49. The first-order valence-corrected chi connectivity index (χ1v) is 7.11. The summed E-state index contributed by atoms with van der Waals surface area (Å²) in [5.41, 5.74) is 1.64. The molecule has 0 saturated heterocycles. The van der Waals surface area contributed by atoms with E-state index < -0.39 is 5.97 Å². The van der Waals surface area contributed by atoms with E-state index in [4.69, 9.17) is 5.11 Å². The number of hydrogen-bond donors (Lipinski definition) is 2. The number of benzene rings is 1. The summed E-state index contributed by atoms with van der Waals surface area (Å²) >= 11 is 0. The molecular formula is C16H19FN2O3. The molecule has 0 bridgehead atoms. The van der Waals surface area contributed by atoms with Crippen LogP contribution in [0.1, 0.15) is 36.3 Å². The van der Waals surface area contributed by atoms with Gasteiger partial charge in [0, 0.05) is 23.5 Å². The Balaban J connectivity index is 2.34. The van der Waals surface area contributed by atoms with Gasteiger partial charge in [-0.2, -0.15) is 0 Å². The Morgan fingerprint density at radius 2 is 2.00 bits per heavy atom. The van der Waals surface area contributed by atoms with E-state index in [0.717, 1.165) is 10.9 Å². The first kappa shape index (κ1) is 16.0. The van der Waals surface area contributed by atoms with Crippen LogP contribution in [-0.2, 0) is 4.79 Å². The SMILES string of the molecule is Cc1cc(F)cc2[nH]c(C(=O)N(CCC(=O)O)C(C)C)cc12. The number of carbonyl (C=O) groups is 2. The van der Waals surface area contributed by atoms with Gasteiger partial charge < -0.3 is 15.0 Å². The molecular weight excluding hydrogens is 287 g/mol. The summed E-state index contributed by atoms with van der Waals surface area (Å²) in [5, 5.41) is 9.57. The molecule has 0 aliphatic rings. The van der Waals surface area contributed by atoms with Crippen LogP contribution in [0.2, 0.25) is 0 Å². The third kappa shape index (κ3) is 3.27. The number of aromatic nitrogens is 1. The molecule has 0 radical (unpaired) electrons. The number of H-pyrrole nitrogens is 1. The topological polar surface area (TPSA) is 73.4 Å². The quantitative estimate of drug-likeness (QED) is 0.892. The minimum Gasteiger partial charge on any atom is -0.481 e. The number of fused-ring (bicyclic) bond motifs is 1. The van der Waals surface area contributed by atoms with Crippen molar-refractivity contribution in [2.75, 3.05) is 6.54 Å². The molecule has 1 amide bonds. The molecule has 2 N–H and O–H groups in total. The summed E-state index contributed by atoms with van der Waals surface area (Å²) in [6.07, 6.45) is -0.113. The van der Waals surface area contributed by atoms with Crippen molar-refractivity contribution in [1.82, 2.24) is 9.88 Å². The second-order valence-corrected chi connectivity index (χ2v) is 5.60. The zero-order valence-corrected chi connectivity index (χ0v) is 12.8. The monoisotopic (exact) mass is 306 g/mol. The molecule has 0 aliphatic heterocycles. The molecule has 1 aromatic carbocycles. The third-order valence-corrected chi connectivity index (χ3v) is 3.59. The molecule has 2 rings (SSSR count). The molecule has 0 unspecified atom stereocenters. The molecule has 0 saturated carbocycles. The number of hydrogen-bond acceptors (Lipinski definition) is 2. The van der Waals surface area contributed by atoms with Crippen LogP contribution in [0.25, 0.3) is 10.9 Å². The normalized spacial score (nSPS) is 11.1. The molecule has 0 fully saturated rings. The number of rotatable bonds is 5. The number of carboxylic acids is 1. The first-order chi connectivity index (χ1) is 10.3. The van der Waals surface area contributed by atoms with E-state index in [9.17, 15) is 14.0 Å². The molecule has 0 spiro atoms. The van der Waals surface area contributed by atoms with Crippen molar-refractivity contribution < 1.29 is 19.1 Å². The Hall–Kier alpha value is -2.37. The molecule has 0 atom stereocenters. The number of aromatic amines is 1. The summed E-state index contributed by atoms with van der Waals surface area (Å²) in [6.45, 7) is 5.56. The molecule has 2 aromatic rings. The Morgan fingerprint density at radius 3 is 2.59 bits per heavy atom. The zero-order chi connectivity index (χ0) is 16.4. The van der Waals surface area contributed by atoms with E-state index in [-0.39, 0.29) is 30.7 Å². The highest BCUT2D eigenvalue weighted by molar-refractivity contribution is 5.99. The van der Waals surface area contributed by atoms with Crippen LogP contribution >= 0.6 is 0 Å². The van der Waals surface area contributed by atoms with Crippen molar-refractivity contribution in [2.45, 2.75) is 33.2 Å². The highest BCUT2D eigenvalue weighted by Gasteiger charge is 2.21. The first-order valence-electron chi connectivity index (χ1n) is 7.11. The molecule has 6 heteroatoms. The molecule has 0 aliphatic carbocycles. The van der Waals surface area contributed by atoms with Crippen LogP contribution in [0.5, 0.6) is 0 Å². The number of carbonyl (C=O) groups excluding carboxylic acids is 1. The second kappa shape index (κ2) is 6.17.